The summed E-state index contributed by atoms with van der Waals surface area (Å²) < 4.78 is 19.9. The lowest BCUT2D eigenvalue weighted by molar-refractivity contribution is 0.388. The van der Waals surface area contributed by atoms with Gasteiger partial charge in [0.1, 0.15) is 11.3 Å². The Balaban J connectivity index is 1.72. The Bertz CT molecular complexity index is 1440. The maximum Gasteiger partial charge on any atom is 0.223 e. The standard InChI is InChI=1S/C23H19FN4O3/c1-12-26-19(27-31-12)9-16-17-8-14(7-13-3-5-15(24)6-4-13)10-25-21(17)22(29)20-18(16)11-28(2)23(20)30/h3-6,8,10-11,29-30H,7,9H2,1-2H3. The summed E-state index contributed by atoms with van der Waals surface area (Å²) in [6.07, 6.45) is 4.34. The van der Waals surface area contributed by atoms with Gasteiger partial charge in [0.25, 0.3) is 0 Å². The van der Waals surface area contributed by atoms with Gasteiger partial charge in [0.05, 0.1) is 5.39 Å². The number of aromatic hydroxyl groups is 2. The maximum atomic E-state index is 13.2. The number of rotatable bonds is 4. The first-order chi connectivity index (χ1) is 14.9. The van der Waals surface area contributed by atoms with Crippen LogP contribution in [0.3, 0.4) is 0 Å². The Morgan fingerprint density at radius 3 is 2.55 bits per heavy atom. The number of benzene rings is 2. The van der Waals surface area contributed by atoms with Crippen LogP contribution in [0.1, 0.15) is 28.4 Å². The van der Waals surface area contributed by atoms with E-state index in [4.69, 9.17) is 4.52 Å². The molecule has 0 unspecified atom stereocenters. The molecule has 0 spiro atoms. The minimum absolute atomic E-state index is 0.0443. The van der Waals surface area contributed by atoms with Gasteiger partial charge in [0, 0.05) is 43.6 Å². The van der Waals surface area contributed by atoms with E-state index in [0.717, 1.165) is 22.1 Å². The highest BCUT2D eigenvalue weighted by Crippen LogP contribution is 2.42. The van der Waals surface area contributed by atoms with Crippen LogP contribution in [0.4, 0.5) is 4.39 Å². The molecule has 31 heavy (non-hydrogen) atoms. The molecule has 3 aromatic heterocycles. The van der Waals surface area contributed by atoms with E-state index in [1.54, 1.807) is 43.1 Å². The van der Waals surface area contributed by atoms with Crippen LogP contribution < -0.4 is 0 Å². The van der Waals surface area contributed by atoms with Gasteiger partial charge in [0.2, 0.25) is 11.8 Å². The Kier molecular flexibility index (Phi) is 4.35. The lowest BCUT2D eigenvalue weighted by atomic mass is 9.96. The van der Waals surface area contributed by atoms with Crippen molar-refractivity contribution in [1.29, 1.82) is 0 Å². The molecule has 0 radical (unpaired) electrons. The SMILES string of the molecule is Cc1nc(Cc2c3cc(Cc4ccc(F)cc4)cnc3c(O)c3c(O)n(C)cc23)no1. The van der Waals surface area contributed by atoms with Crippen molar-refractivity contribution < 1.29 is 19.1 Å². The summed E-state index contributed by atoms with van der Waals surface area (Å²) in [6.45, 7) is 1.72. The Morgan fingerprint density at radius 1 is 1.06 bits per heavy atom. The average molecular weight is 418 g/mol. The fraction of sp³-hybridized carbons (Fsp3) is 0.174. The van der Waals surface area contributed by atoms with Crippen LogP contribution in [-0.2, 0) is 19.9 Å². The molecule has 2 aromatic carbocycles. The quantitative estimate of drug-likeness (QED) is 0.455. The molecule has 5 rings (SSSR count). The van der Waals surface area contributed by atoms with Crippen molar-refractivity contribution in [1.82, 2.24) is 19.7 Å². The fourth-order valence-electron chi connectivity index (χ4n) is 3.96. The zero-order chi connectivity index (χ0) is 21.7. The highest BCUT2D eigenvalue weighted by Gasteiger charge is 2.22. The molecule has 2 N–H and O–H groups in total. The van der Waals surface area contributed by atoms with Crippen LogP contribution in [0.5, 0.6) is 11.6 Å². The summed E-state index contributed by atoms with van der Waals surface area (Å²) in [5.41, 5.74) is 3.06. The third-order valence-corrected chi connectivity index (χ3v) is 5.43. The molecule has 0 aliphatic carbocycles. The zero-order valence-corrected chi connectivity index (χ0v) is 16.9. The molecule has 7 nitrogen and oxygen atoms in total. The van der Waals surface area contributed by atoms with Gasteiger partial charge in [-0.15, -0.1) is 0 Å². The van der Waals surface area contributed by atoms with Gasteiger partial charge in [-0.05, 0) is 41.3 Å². The van der Waals surface area contributed by atoms with Crippen molar-refractivity contribution >= 4 is 21.7 Å². The summed E-state index contributed by atoms with van der Waals surface area (Å²) >= 11 is 0. The van der Waals surface area contributed by atoms with Gasteiger partial charge in [0.15, 0.2) is 11.6 Å². The fourth-order valence-corrected chi connectivity index (χ4v) is 3.96. The highest BCUT2D eigenvalue weighted by atomic mass is 19.1. The molecule has 0 bridgehead atoms. The number of fused-ring (bicyclic) bond motifs is 2. The molecule has 0 amide bonds. The lowest BCUT2D eigenvalue weighted by Crippen LogP contribution is -1.97. The van der Waals surface area contributed by atoms with E-state index in [2.05, 4.69) is 15.1 Å². The molecule has 5 aromatic rings. The average Bonchev–Trinajstić information content (AvgIpc) is 3.29. The van der Waals surface area contributed by atoms with Crippen LogP contribution >= 0.6 is 0 Å². The predicted octanol–water partition coefficient (Wildman–Crippen LogP) is 4.15. The minimum atomic E-state index is -0.283. The van der Waals surface area contributed by atoms with Crippen LogP contribution in [0.15, 0.2) is 47.2 Å². The number of aromatic nitrogens is 4. The second-order valence-corrected chi connectivity index (χ2v) is 7.63. The molecule has 0 aliphatic heterocycles. The Labute approximate surface area is 176 Å². The largest absolute Gasteiger partial charge is 0.505 e. The molecular weight excluding hydrogens is 399 g/mol. The third-order valence-electron chi connectivity index (χ3n) is 5.43. The van der Waals surface area contributed by atoms with E-state index in [1.165, 1.54) is 12.1 Å². The van der Waals surface area contributed by atoms with E-state index in [9.17, 15) is 14.6 Å². The van der Waals surface area contributed by atoms with E-state index in [1.807, 2.05) is 6.07 Å². The first-order valence-corrected chi connectivity index (χ1v) is 9.74. The monoisotopic (exact) mass is 418 g/mol. The van der Waals surface area contributed by atoms with E-state index < -0.39 is 0 Å². The smallest absolute Gasteiger partial charge is 0.223 e. The van der Waals surface area contributed by atoms with Crippen molar-refractivity contribution in [3.8, 4) is 11.6 Å². The zero-order valence-electron chi connectivity index (χ0n) is 16.9. The number of nitrogens with zero attached hydrogens (tertiary/aromatic N) is 4. The van der Waals surface area contributed by atoms with Gasteiger partial charge < -0.3 is 19.3 Å². The molecule has 0 atom stereocenters. The van der Waals surface area contributed by atoms with E-state index in [0.29, 0.717) is 40.8 Å². The topological polar surface area (TPSA) is 97.2 Å². The number of pyridine rings is 1. The summed E-state index contributed by atoms with van der Waals surface area (Å²) in [5.74, 6) is 0.550. The minimum Gasteiger partial charge on any atom is -0.505 e. The van der Waals surface area contributed by atoms with Gasteiger partial charge in [-0.3, -0.25) is 4.98 Å². The van der Waals surface area contributed by atoms with Crippen molar-refractivity contribution in [2.75, 3.05) is 0 Å². The van der Waals surface area contributed by atoms with Gasteiger partial charge >= 0.3 is 0 Å². The molecule has 156 valence electrons. The van der Waals surface area contributed by atoms with Crippen LogP contribution in [0.25, 0.3) is 21.7 Å². The normalized spacial score (nSPS) is 11.6. The molecule has 0 aliphatic rings. The van der Waals surface area contributed by atoms with Crippen LogP contribution in [0.2, 0.25) is 0 Å². The summed E-state index contributed by atoms with van der Waals surface area (Å²) in [5, 5.41) is 27.1. The molecule has 3 heterocycles. The lowest BCUT2D eigenvalue weighted by Gasteiger charge is -2.11. The highest BCUT2D eigenvalue weighted by molar-refractivity contribution is 6.09. The van der Waals surface area contributed by atoms with Crippen molar-refractivity contribution in [3.05, 3.63) is 76.9 Å². The number of phenols is 1. The predicted molar refractivity (Wildman–Crippen MR) is 113 cm³/mol. The summed E-state index contributed by atoms with van der Waals surface area (Å²) in [4.78, 5) is 8.80. The number of halogens is 1. The van der Waals surface area contributed by atoms with Crippen LogP contribution in [0, 0.1) is 12.7 Å². The van der Waals surface area contributed by atoms with Crippen LogP contribution in [-0.4, -0.2) is 29.9 Å². The van der Waals surface area contributed by atoms with Gasteiger partial charge in [-0.25, -0.2) is 4.39 Å². The molecule has 0 saturated heterocycles. The number of phenolic OH excluding ortho intramolecular Hbond substituents is 1. The summed E-state index contributed by atoms with van der Waals surface area (Å²) in [7, 11) is 1.70. The third kappa shape index (κ3) is 3.26. The number of hydrogen-bond donors (Lipinski definition) is 2. The second kappa shape index (κ2) is 7.09. The summed E-state index contributed by atoms with van der Waals surface area (Å²) in [6, 6.07) is 8.28. The molecular formula is C23H19FN4O3. The number of aryl methyl sites for hydroxylation is 2. The van der Waals surface area contributed by atoms with Crippen molar-refractivity contribution in [3.63, 3.8) is 0 Å². The molecule has 0 fully saturated rings. The van der Waals surface area contributed by atoms with Gasteiger partial charge in [-0.1, -0.05) is 17.3 Å². The Hall–Kier alpha value is -3.94. The Morgan fingerprint density at radius 2 is 1.84 bits per heavy atom. The first-order valence-electron chi connectivity index (χ1n) is 9.74. The van der Waals surface area contributed by atoms with Crippen molar-refractivity contribution in [2.24, 2.45) is 7.05 Å². The first kappa shape index (κ1) is 19.0. The van der Waals surface area contributed by atoms with E-state index in [-0.39, 0.29) is 17.4 Å². The second-order valence-electron chi connectivity index (χ2n) is 7.63. The number of hydrogen-bond acceptors (Lipinski definition) is 6. The maximum absolute atomic E-state index is 13.2. The van der Waals surface area contributed by atoms with Gasteiger partial charge in [-0.2, -0.15) is 4.98 Å². The van der Waals surface area contributed by atoms with Crippen molar-refractivity contribution in [2.45, 2.75) is 19.8 Å². The molecule has 8 heteroatoms. The van der Waals surface area contributed by atoms with E-state index >= 15 is 0 Å². The molecule has 0 saturated carbocycles.